The highest BCUT2D eigenvalue weighted by atomic mass is 35.5. The number of carbonyl (C=O) groups is 3. The van der Waals surface area contributed by atoms with E-state index in [1.807, 2.05) is 0 Å². The van der Waals surface area contributed by atoms with Gasteiger partial charge in [0.2, 0.25) is 0 Å². The van der Waals surface area contributed by atoms with E-state index in [0.717, 1.165) is 10.4 Å². The number of benzene rings is 3. The second-order valence-corrected chi connectivity index (χ2v) is 9.21. The quantitative estimate of drug-likeness (QED) is 0.513. The van der Waals surface area contributed by atoms with Crippen LogP contribution in [0.5, 0.6) is 0 Å². The zero-order chi connectivity index (χ0) is 24.0. The van der Waals surface area contributed by atoms with Crippen LogP contribution < -0.4 is 9.62 Å². The molecule has 0 spiro atoms. The fraction of sp³-hybridized carbons (Fsp3) is 0.0870. The maximum Gasteiger partial charge on any atom is 0.338 e. The van der Waals surface area contributed by atoms with Gasteiger partial charge in [-0.25, -0.2) is 13.2 Å². The van der Waals surface area contributed by atoms with Crippen molar-refractivity contribution in [1.82, 2.24) is 5.32 Å². The molecule has 33 heavy (non-hydrogen) atoms. The van der Waals surface area contributed by atoms with E-state index in [9.17, 15) is 22.8 Å². The molecular formula is C23H19ClN2O6S. The van der Waals surface area contributed by atoms with E-state index in [0.29, 0.717) is 10.7 Å². The highest BCUT2D eigenvalue weighted by Crippen LogP contribution is 2.25. The third kappa shape index (κ3) is 5.97. The number of nitrogens with zero attached hydrogens (tertiary/aromatic N) is 1. The predicted octanol–water partition coefficient (Wildman–Crippen LogP) is 3.28. The minimum atomic E-state index is -4.00. The third-order valence-corrected chi connectivity index (χ3v) is 6.54. The summed E-state index contributed by atoms with van der Waals surface area (Å²) in [6.45, 7) is -0.712. The molecule has 3 aromatic rings. The number of ether oxygens (including phenoxy) is 1. The van der Waals surface area contributed by atoms with Gasteiger partial charge in [-0.1, -0.05) is 41.9 Å². The maximum absolute atomic E-state index is 13.0. The molecule has 1 N–H and O–H groups in total. The summed E-state index contributed by atoms with van der Waals surface area (Å²) in [6, 6.07) is 19.6. The Balaban J connectivity index is 1.66. The summed E-state index contributed by atoms with van der Waals surface area (Å²) >= 11 is 5.94. The standard InChI is InChI=1S/C23H19ClN2O6S/c1-26(19-11-6-10-18(24)14-19)33(30,31)20-12-5-9-17(13-20)23(29)32-15-21(27)25-22(28)16-7-3-2-4-8-16/h2-14H,15H2,1H3,(H,25,27,28). The van der Waals surface area contributed by atoms with Gasteiger partial charge in [-0.15, -0.1) is 0 Å². The van der Waals surface area contributed by atoms with Crippen LogP contribution >= 0.6 is 11.6 Å². The Hall–Kier alpha value is -3.69. The van der Waals surface area contributed by atoms with Gasteiger partial charge in [0.1, 0.15) is 0 Å². The molecule has 3 aromatic carbocycles. The largest absolute Gasteiger partial charge is 0.452 e. The Morgan fingerprint density at radius 2 is 1.58 bits per heavy atom. The molecule has 8 nitrogen and oxygen atoms in total. The Labute approximate surface area is 195 Å². The van der Waals surface area contributed by atoms with E-state index in [2.05, 4.69) is 5.32 Å². The summed E-state index contributed by atoms with van der Waals surface area (Å²) in [7, 11) is -2.64. The van der Waals surface area contributed by atoms with Crippen molar-refractivity contribution in [1.29, 1.82) is 0 Å². The average molecular weight is 487 g/mol. The van der Waals surface area contributed by atoms with Crippen LogP contribution in [-0.4, -0.2) is 39.9 Å². The highest BCUT2D eigenvalue weighted by Gasteiger charge is 2.23. The molecule has 0 aromatic heterocycles. The van der Waals surface area contributed by atoms with E-state index in [-0.39, 0.29) is 16.0 Å². The topological polar surface area (TPSA) is 110 Å². The Morgan fingerprint density at radius 1 is 0.909 bits per heavy atom. The van der Waals surface area contributed by atoms with E-state index >= 15 is 0 Å². The second-order valence-electron chi connectivity index (χ2n) is 6.80. The monoisotopic (exact) mass is 486 g/mol. The fourth-order valence-corrected chi connectivity index (χ4v) is 4.21. The number of esters is 1. The number of carbonyl (C=O) groups excluding carboxylic acids is 3. The number of anilines is 1. The lowest BCUT2D eigenvalue weighted by Gasteiger charge is -2.20. The van der Waals surface area contributed by atoms with Crippen molar-refractivity contribution in [2.75, 3.05) is 18.0 Å². The lowest BCUT2D eigenvalue weighted by molar-refractivity contribution is -0.123. The van der Waals surface area contributed by atoms with Crippen molar-refractivity contribution in [3.63, 3.8) is 0 Å². The van der Waals surface area contributed by atoms with Crippen LogP contribution in [0.1, 0.15) is 20.7 Å². The summed E-state index contributed by atoms with van der Waals surface area (Å²) in [5.41, 5.74) is 0.548. The van der Waals surface area contributed by atoms with Gasteiger partial charge < -0.3 is 4.74 Å². The molecule has 2 amide bonds. The molecule has 0 saturated carbocycles. The number of hydrogen-bond donors (Lipinski definition) is 1. The average Bonchev–Trinajstić information content (AvgIpc) is 2.82. The molecule has 0 bridgehead atoms. The van der Waals surface area contributed by atoms with Gasteiger partial charge in [-0.2, -0.15) is 0 Å². The lowest BCUT2D eigenvalue weighted by Crippen LogP contribution is -2.34. The van der Waals surface area contributed by atoms with Crippen LogP contribution in [0.4, 0.5) is 5.69 Å². The van der Waals surface area contributed by atoms with Crippen LogP contribution in [0.15, 0.2) is 83.8 Å². The number of halogens is 1. The van der Waals surface area contributed by atoms with E-state index in [1.54, 1.807) is 36.4 Å². The number of hydrogen-bond acceptors (Lipinski definition) is 6. The Bertz CT molecular complexity index is 1300. The number of nitrogens with one attached hydrogen (secondary N) is 1. The van der Waals surface area contributed by atoms with Crippen LogP contribution in [0.25, 0.3) is 0 Å². The first kappa shape index (κ1) is 24.0. The van der Waals surface area contributed by atoms with E-state index < -0.39 is 34.4 Å². The van der Waals surface area contributed by atoms with Gasteiger partial charge in [0.25, 0.3) is 21.8 Å². The molecule has 0 aliphatic heterocycles. The summed E-state index contributed by atoms with van der Waals surface area (Å²) in [4.78, 5) is 36.1. The molecule has 0 radical (unpaired) electrons. The molecule has 0 saturated heterocycles. The van der Waals surface area contributed by atoms with Gasteiger partial charge in [-0.3, -0.25) is 19.2 Å². The number of sulfonamides is 1. The number of amides is 2. The van der Waals surface area contributed by atoms with Crippen molar-refractivity contribution in [2.45, 2.75) is 4.90 Å². The fourth-order valence-electron chi connectivity index (χ4n) is 2.79. The van der Waals surface area contributed by atoms with Crippen molar-refractivity contribution in [2.24, 2.45) is 0 Å². The zero-order valence-corrected chi connectivity index (χ0v) is 19.0. The van der Waals surface area contributed by atoms with E-state index in [1.165, 1.54) is 43.4 Å². The third-order valence-electron chi connectivity index (χ3n) is 4.52. The minimum Gasteiger partial charge on any atom is -0.452 e. The van der Waals surface area contributed by atoms with Crippen LogP contribution in [-0.2, 0) is 19.6 Å². The molecule has 0 fully saturated rings. The Kier molecular flexibility index (Phi) is 7.47. The first-order valence-electron chi connectivity index (χ1n) is 9.59. The van der Waals surface area contributed by atoms with E-state index in [4.69, 9.17) is 16.3 Å². The SMILES string of the molecule is CN(c1cccc(Cl)c1)S(=O)(=O)c1cccc(C(=O)OCC(=O)NC(=O)c2ccccc2)c1. The molecule has 0 unspecified atom stereocenters. The van der Waals surface area contributed by atoms with Gasteiger partial charge in [-0.05, 0) is 48.5 Å². The molecule has 170 valence electrons. The van der Waals surface area contributed by atoms with Crippen LogP contribution in [0.2, 0.25) is 5.02 Å². The molecule has 0 atom stereocenters. The molecule has 0 aliphatic carbocycles. The predicted molar refractivity (Wildman–Crippen MR) is 123 cm³/mol. The smallest absolute Gasteiger partial charge is 0.338 e. The van der Waals surface area contributed by atoms with Crippen molar-refractivity contribution >= 4 is 45.1 Å². The Morgan fingerprint density at radius 3 is 2.27 bits per heavy atom. The maximum atomic E-state index is 13.0. The van der Waals surface area contributed by atoms with Gasteiger partial charge in [0, 0.05) is 17.6 Å². The zero-order valence-electron chi connectivity index (χ0n) is 17.4. The normalized spacial score (nSPS) is 10.8. The van der Waals surface area contributed by atoms with Crippen molar-refractivity contribution in [3.8, 4) is 0 Å². The highest BCUT2D eigenvalue weighted by molar-refractivity contribution is 7.92. The van der Waals surface area contributed by atoms with Crippen molar-refractivity contribution in [3.05, 3.63) is 95.0 Å². The summed E-state index contributed by atoms with van der Waals surface area (Å²) in [5.74, 6) is -2.37. The number of imide groups is 1. The second kappa shape index (κ2) is 10.3. The molecule has 10 heteroatoms. The molecule has 0 heterocycles. The van der Waals surface area contributed by atoms with Gasteiger partial charge in [0.15, 0.2) is 6.61 Å². The van der Waals surface area contributed by atoms with Crippen LogP contribution in [0.3, 0.4) is 0 Å². The van der Waals surface area contributed by atoms with Crippen LogP contribution in [0, 0.1) is 0 Å². The van der Waals surface area contributed by atoms with Gasteiger partial charge in [0.05, 0.1) is 16.1 Å². The lowest BCUT2D eigenvalue weighted by atomic mass is 10.2. The summed E-state index contributed by atoms with van der Waals surface area (Å²) < 4.78 is 31.9. The minimum absolute atomic E-state index is 0.0715. The first-order chi connectivity index (χ1) is 15.7. The summed E-state index contributed by atoms with van der Waals surface area (Å²) in [5, 5.41) is 2.48. The molecule has 0 aliphatic rings. The summed E-state index contributed by atoms with van der Waals surface area (Å²) in [6.07, 6.45) is 0. The van der Waals surface area contributed by atoms with Gasteiger partial charge >= 0.3 is 5.97 Å². The molecular weight excluding hydrogens is 468 g/mol. The molecule has 3 rings (SSSR count). The number of rotatable bonds is 7. The van der Waals surface area contributed by atoms with Crippen molar-refractivity contribution < 1.29 is 27.5 Å². The first-order valence-corrected chi connectivity index (χ1v) is 11.4.